The molecule has 0 heterocycles. The first-order valence-corrected chi connectivity index (χ1v) is 6.27. The van der Waals surface area contributed by atoms with Crippen molar-refractivity contribution in [2.75, 3.05) is 6.61 Å². The fourth-order valence-corrected chi connectivity index (χ4v) is 1.35. The number of nitrogens with zero attached hydrogens (tertiary/aromatic N) is 1. The van der Waals surface area contributed by atoms with Crippen LogP contribution in [-0.2, 0) is 19.1 Å². The molecule has 0 fully saturated rings. The van der Waals surface area contributed by atoms with Crippen molar-refractivity contribution in [3.63, 3.8) is 0 Å². The van der Waals surface area contributed by atoms with Crippen LogP contribution in [0.4, 0.5) is 0 Å². The van der Waals surface area contributed by atoms with Gasteiger partial charge in [0.2, 0.25) is 0 Å². The Hall–Kier alpha value is -2.88. The molecule has 0 atom stereocenters. The zero-order chi connectivity index (χ0) is 17.3. The highest BCUT2D eigenvalue weighted by Crippen LogP contribution is 2.19. The molecule has 0 aromatic rings. The topological polar surface area (TPSA) is 125 Å². The summed E-state index contributed by atoms with van der Waals surface area (Å²) < 4.78 is 4.79. The van der Waals surface area contributed by atoms with Crippen LogP contribution in [0.15, 0.2) is 35.5 Å². The molecule has 0 unspecified atom stereocenters. The molecule has 0 bridgehead atoms. The molecule has 0 rings (SSSR count). The van der Waals surface area contributed by atoms with E-state index in [1.54, 1.807) is 6.07 Å². The lowest BCUT2D eigenvalue weighted by molar-refractivity contribution is -0.139. The van der Waals surface area contributed by atoms with Gasteiger partial charge < -0.3 is 14.9 Å². The van der Waals surface area contributed by atoms with Crippen LogP contribution in [0.3, 0.4) is 0 Å². The molecule has 2 N–H and O–H groups in total. The van der Waals surface area contributed by atoms with E-state index >= 15 is 0 Å². The second kappa shape index (κ2) is 9.13. The largest absolute Gasteiger partial charge is 0.478 e. The van der Waals surface area contributed by atoms with Gasteiger partial charge in [0.1, 0.15) is 6.61 Å². The SMILES string of the molecule is C=C(C(=O)OCCC#N)C(C=C(C)C(=O)O)C=C(C)C(=O)O. The minimum atomic E-state index is -1.20. The minimum absolute atomic E-state index is 0.0116. The summed E-state index contributed by atoms with van der Waals surface area (Å²) in [5, 5.41) is 26.1. The van der Waals surface area contributed by atoms with E-state index in [0.717, 1.165) is 0 Å². The Morgan fingerprint density at radius 1 is 1.18 bits per heavy atom. The summed E-state index contributed by atoms with van der Waals surface area (Å²) in [5.74, 6) is -4.14. The molecule has 0 saturated carbocycles. The van der Waals surface area contributed by atoms with Gasteiger partial charge in [0, 0.05) is 22.6 Å². The van der Waals surface area contributed by atoms with Crippen LogP contribution in [0.1, 0.15) is 20.3 Å². The van der Waals surface area contributed by atoms with Crippen LogP contribution in [0.2, 0.25) is 0 Å². The van der Waals surface area contributed by atoms with Crippen molar-refractivity contribution in [1.29, 1.82) is 5.26 Å². The number of hydrogen-bond donors (Lipinski definition) is 2. The van der Waals surface area contributed by atoms with Gasteiger partial charge in [-0.3, -0.25) is 0 Å². The van der Waals surface area contributed by atoms with E-state index in [1.165, 1.54) is 26.0 Å². The molecule has 0 aliphatic carbocycles. The summed E-state index contributed by atoms with van der Waals surface area (Å²) in [4.78, 5) is 33.5. The van der Waals surface area contributed by atoms with Crippen molar-refractivity contribution in [3.8, 4) is 6.07 Å². The summed E-state index contributed by atoms with van der Waals surface area (Å²) in [6, 6.07) is 1.80. The molecule has 0 aromatic heterocycles. The zero-order valence-corrected chi connectivity index (χ0v) is 12.3. The maximum absolute atomic E-state index is 11.8. The van der Waals surface area contributed by atoms with Crippen molar-refractivity contribution in [2.45, 2.75) is 20.3 Å². The van der Waals surface area contributed by atoms with Crippen molar-refractivity contribution in [3.05, 3.63) is 35.5 Å². The number of nitriles is 1. The lowest BCUT2D eigenvalue weighted by Crippen LogP contribution is -2.15. The van der Waals surface area contributed by atoms with E-state index < -0.39 is 23.8 Å². The van der Waals surface area contributed by atoms with Crippen molar-refractivity contribution >= 4 is 17.9 Å². The first kappa shape index (κ1) is 19.1. The Morgan fingerprint density at radius 3 is 2.00 bits per heavy atom. The lowest BCUT2D eigenvalue weighted by atomic mass is 9.95. The third kappa shape index (κ3) is 6.52. The number of carboxylic acids is 2. The van der Waals surface area contributed by atoms with Gasteiger partial charge in [-0.1, -0.05) is 18.7 Å². The van der Waals surface area contributed by atoms with Gasteiger partial charge >= 0.3 is 17.9 Å². The van der Waals surface area contributed by atoms with E-state index in [4.69, 9.17) is 20.2 Å². The second-order valence-electron chi connectivity index (χ2n) is 4.40. The number of rotatable bonds is 8. The Balaban J connectivity index is 5.36. The highest BCUT2D eigenvalue weighted by atomic mass is 16.5. The molecule has 118 valence electrons. The number of hydrogen-bond acceptors (Lipinski definition) is 5. The lowest BCUT2D eigenvalue weighted by Gasteiger charge is -2.12. The van der Waals surface area contributed by atoms with Crippen LogP contribution >= 0.6 is 0 Å². The third-order valence-corrected chi connectivity index (χ3v) is 2.65. The van der Waals surface area contributed by atoms with Gasteiger partial charge in [-0.15, -0.1) is 0 Å². The number of esters is 1. The van der Waals surface area contributed by atoms with Crippen molar-refractivity contribution in [2.24, 2.45) is 5.92 Å². The van der Waals surface area contributed by atoms with Crippen LogP contribution in [-0.4, -0.2) is 34.7 Å². The average molecular weight is 307 g/mol. The Labute approximate surface area is 127 Å². The van der Waals surface area contributed by atoms with Crippen LogP contribution in [0, 0.1) is 17.2 Å². The highest BCUT2D eigenvalue weighted by molar-refractivity contribution is 5.92. The maximum Gasteiger partial charge on any atom is 0.334 e. The van der Waals surface area contributed by atoms with E-state index in [2.05, 4.69) is 6.58 Å². The molecule has 0 aliphatic rings. The molecule has 22 heavy (non-hydrogen) atoms. The molecule has 7 nitrogen and oxygen atoms in total. The molecule has 0 spiro atoms. The maximum atomic E-state index is 11.8. The molecule has 7 heteroatoms. The number of aliphatic carboxylic acids is 2. The summed E-state index contributed by atoms with van der Waals surface area (Å²) in [5.41, 5.74) is -0.241. The molecule has 0 radical (unpaired) electrons. The van der Waals surface area contributed by atoms with Crippen LogP contribution in [0.25, 0.3) is 0 Å². The first-order valence-electron chi connectivity index (χ1n) is 6.27. The van der Waals surface area contributed by atoms with E-state index in [9.17, 15) is 14.4 Å². The molecule has 0 aliphatic heterocycles. The standard InChI is InChI=1S/C15H17NO6/c1-9(13(17)18)7-12(8-10(2)14(19)20)11(3)15(21)22-6-4-5-16/h7-8,12H,3-4,6H2,1-2H3,(H,17,18)(H,19,20). The van der Waals surface area contributed by atoms with Gasteiger partial charge in [0.15, 0.2) is 0 Å². The molecular weight excluding hydrogens is 290 g/mol. The minimum Gasteiger partial charge on any atom is -0.478 e. The fraction of sp³-hybridized carbons (Fsp3) is 0.333. The normalized spacial score (nSPS) is 13.0. The Morgan fingerprint density at radius 2 is 1.64 bits per heavy atom. The Kier molecular flexibility index (Phi) is 7.93. The monoisotopic (exact) mass is 307 g/mol. The van der Waals surface area contributed by atoms with Gasteiger partial charge in [-0.05, 0) is 13.8 Å². The summed E-state index contributed by atoms with van der Waals surface area (Å²) >= 11 is 0. The Bertz CT molecular complexity index is 549. The average Bonchev–Trinajstić information content (AvgIpc) is 2.45. The van der Waals surface area contributed by atoms with E-state index in [0.29, 0.717) is 0 Å². The summed E-state index contributed by atoms with van der Waals surface area (Å²) in [6.07, 6.45) is 2.43. The number of carbonyl (C=O) groups excluding carboxylic acids is 1. The van der Waals surface area contributed by atoms with Gasteiger partial charge in [-0.2, -0.15) is 5.26 Å². The predicted molar refractivity (Wildman–Crippen MR) is 76.6 cm³/mol. The molecular formula is C15H17NO6. The fourth-order valence-electron chi connectivity index (χ4n) is 1.35. The number of allylic oxidation sites excluding steroid dienone is 2. The second-order valence-corrected chi connectivity index (χ2v) is 4.40. The van der Waals surface area contributed by atoms with Crippen LogP contribution < -0.4 is 0 Å². The smallest absolute Gasteiger partial charge is 0.334 e. The zero-order valence-electron chi connectivity index (χ0n) is 12.3. The number of ether oxygens (including phenoxy) is 1. The summed E-state index contributed by atoms with van der Waals surface area (Å²) in [6.45, 7) is 6.03. The van der Waals surface area contributed by atoms with Gasteiger partial charge in [0.25, 0.3) is 0 Å². The van der Waals surface area contributed by atoms with Crippen molar-refractivity contribution in [1.82, 2.24) is 0 Å². The molecule has 0 amide bonds. The van der Waals surface area contributed by atoms with E-state index in [1.807, 2.05) is 0 Å². The van der Waals surface area contributed by atoms with Crippen LogP contribution in [0.5, 0.6) is 0 Å². The highest BCUT2D eigenvalue weighted by Gasteiger charge is 2.19. The third-order valence-electron chi connectivity index (χ3n) is 2.65. The molecule has 0 saturated heterocycles. The number of carbonyl (C=O) groups is 3. The quantitative estimate of drug-likeness (QED) is 0.397. The molecule has 0 aromatic carbocycles. The first-order chi connectivity index (χ1) is 10.2. The predicted octanol–water partition coefficient (Wildman–Crippen LogP) is 1.68. The van der Waals surface area contributed by atoms with Gasteiger partial charge in [0.05, 0.1) is 12.5 Å². The van der Waals surface area contributed by atoms with Crippen molar-refractivity contribution < 1.29 is 29.3 Å². The van der Waals surface area contributed by atoms with E-state index in [-0.39, 0.29) is 29.7 Å². The summed E-state index contributed by atoms with van der Waals surface area (Å²) in [7, 11) is 0. The number of carboxylic acid groups (broad SMARTS) is 2. The van der Waals surface area contributed by atoms with Gasteiger partial charge in [-0.25, -0.2) is 14.4 Å².